The summed E-state index contributed by atoms with van der Waals surface area (Å²) in [5.41, 5.74) is 2.46. The third-order valence-corrected chi connectivity index (χ3v) is 4.16. The van der Waals surface area contributed by atoms with Gasteiger partial charge in [-0.3, -0.25) is 4.99 Å². The largest absolute Gasteiger partial charge is 0.490 e. The number of hydrogen-bond acceptors (Lipinski definition) is 4. The Morgan fingerprint density at radius 3 is 2.82 bits per heavy atom. The highest BCUT2D eigenvalue weighted by Crippen LogP contribution is 2.27. The molecule has 0 spiro atoms. The molecule has 0 atom stereocenters. The van der Waals surface area contributed by atoms with Crippen LogP contribution in [0.4, 0.5) is 0 Å². The van der Waals surface area contributed by atoms with Crippen molar-refractivity contribution >= 4 is 29.9 Å². The van der Waals surface area contributed by atoms with Crippen molar-refractivity contribution in [3.8, 4) is 5.75 Å². The van der Waals surface area contributed by atoms with Crippen molar-refractivity contribution in [2.75, 3.05) is 13.1 Å². The van der Waals surface area contributed by atoms with E-state index >= 15 is 0 Å². The third-order valence-electron chi connectivity index (χ3n) is 4.16. The van der Waals surface area contributed by atoms with Crippen LogP contribution in [0.2, 0.25) is 0 Å². The first-order valence-electron chi connectivity index (χ1n) is 8.09. The Bertz CT molecular complexity index is 513. The molecule has 1 saturated carbocycles. The fourth-order valence-corrected chi connectivity index (χ4v) is 2.93. The number of aryl methyl sites for hydroxylation is 1. The maximum atomic E-state index is 6.23. The summed E-state index contributed by atoms with van der Waals surface area (Å²) in [5, 5.41) is 6.67. The van der Waals surface area contributed by atoms with E-state index in [0.29, 0.717) is 6.10 Å². The first kappa shape index (κ1) is 17.4. The summed E-state index contributed by atoms with van der Waals surface area (Å²) in [6.45, 7) is 4.79. The second-order valence-electron chi connectivity index (χ2n) is 6.00. The van der Waals surface area contributed by atoms with Gasteiger partial charge in [-0.15, -0.1) is 24.0 Å². The van der Waals surface area contributed by atoms with Crippen LogP contribution >= 0.6 is 24.0 Å². The minimum atomic E-state index is 0. The summed E-state index contributed by atoms with van der Waals surface area (Å²) in [5.74, 6) is 1.94. The third kappa shape index (κ3) is 4.76. The maximum Gasteiger partial charge on any atom is 0.191 e. The van der Waals surface area contributed by atoms with Crippen LogP contribution in [0, 0.1) is 6.92 Å². The second-order valence-corrected chi connectivity index (χ2v) is 6.00. The Balaban J connectivity index is 0.00000176. The van der Waals surface area contributed by atoms with Crippen molar-refractivity contribution in [3.63, 3.8) is 0 Å². The van der Waals surface area contributed by atoms with Gasteiger partial charge >= 0.3 is 0 Å². The van der Waals surface area contributed by atoms with Crippen LogP contribution in [0.5, 0.6) is 5.75 Å². The molecule has 2 aliphatic rings. The highest BCUT2D eigenvalue weighted by molar-refractivity contribution is 14.0. The molecule has 0 aromatic heterocycles. The summed E-state index contributed by atoms with van der Waals surface area (Å²) in [6, 6.07) is 6.47. The van der Waals surface area contributed by atoms with Crippen molar-refractivity contribution in [1.82, 2.24) is 10.6 Å². The first-order chi connectivity index (χ1) is 10.3. The van der Waals surface area contributed by atoms with Gasteiger partial charge in [-0.1, -0.05) is 12.1 Å². The number of rotatable bonds is 4. The zero-order valence-electron chi connectivity index (χ0n) is 13.2. The van der Waals surface area contributed by atoms with Gasteiger partial charge in [0.05, 0.1) is 6.10 Å². The Hall–Kier alpha value is -0.980. The van der Waals surface area contributed by atoms with Gasteiger partial charge in [-0.2, -0.15) is 0 Å². The van der Waals surface area contributed by atoms with E-state index in [-0.39, 0.29) is 24.0 Å². The van der Waals surface area contributed by atoms with Gasteiger partial charge < -0.3 is 15.4 Å². The van der Waals surface area contributed by atoms with Gasteiger partial charge in [0.25, 0.3) is 0 Å². The van der Waals surface area contributed by atoms with Crippen molar-refractivity contribution in [2.45, 2.75) is 51.7 Å². The topological polar surface area (TPSA) is 45.7 Å². The van der Waals surface area contributed by atoms with Crippen LogP contribution in [0.15, 0.2) is 23.2 Å². The molecule has 4 nitrogen and oxygen atoms in total. The van der Waals surface area contributed by atoms with Crippen LogP contribution in [0.1, 0.15) is 43.2 Å². The predicted octanol–water partition coefficient (Wildman–Crippen LogP) is 3.37. The molecule has 1 aromatic rings. The molecule has 1 aliphatic heterocycles. The molecule has 5 heteroatoms. The molecule has 0 saturated heterocycles. The minimum Gasteiger partial charge on any atom is -0.490 e. The summed E-state index contributed by atoms with van der Waals surface area (Å²) in [4.78, 5) is 4.45. The number of halogens is 1. The van der Waals surface area contributed by atoms with E-state index in [0.717, 1.165) is 37.8 Å². The molecular weight excluding hydrogens is 389 g/mol. The summed E-state index contributed by atoms with van der Waals surface area (Å²) >= 11 is 0. The van der Waals surface area contributed by atoms with E-state index < -0.39 is 0 Å². The van der Waals surface area contributed by atoms with E-state index in [9.17, 15) is 0 Å². The average Bonchev–Trinajstić information content (AvgIpc) is 3.00. The standard InChI is InChI=1S/C17H25N3O.HI/c1-13-7-8-14(12-20-17-18-9-4-10-19-17)16(11-13)21-15-5-2-3-6-15;/h7-8,11,15H,2-6,9-10,12H2,1H3,(H2,18,19,20);1H. The molecule has 0 radical (unpaired) electrons. The smallest absolute Gasteiger partial charge is 0.191 e. The molecule has 122 valence electrons. The Morgan fingerprint density at radius 2 is 2.09 bits per heavy atom. The van der Waals surface area contributed by atoms with E-state index in [2.05, 4.69) is 40.7 Å². The summed E-state index contributed by atoms with van der Waals surface area (Å²) < 4.78 is 6.23. The number of ether oxygens (including phenoxy) is 1. The van der Waals surface area contributed by atoms with Crippen molar-refractivity contribution < 1.29 is 4.74 Å². The van der Waals surface area contributed by atoms with Gasteiger partial charge in [-0.05, 0) is 50.7 Å². The lowest BCUT2D eigenvalue weighted by Gasteiger charge is -2.19. The van der Waals surface area contributed by atoms with Gasteiger partial charge in [0, 0.05) is 25.2 Å². The minimum absolute atomic E-state index is 0. The number of benzene rings is 1. The molecule has 0 bridgehead atoms. The van der Waals surface area contributed by atoms with Crippen molar-refractivity contribution in [3.05, 3.63) is 29.3 Å². The molecular formula is C17H26IN3O. The Morgan fingerprint density at radius 1 is 1.27 bits per heavy atom. The van der Waals surface area contributed by atoms with Crippen LogP contribution in [-0.4, -0.2) is 25.2 Å². The fourth-order valence-electron chi connectivity index (χ4n) is 2.93. The molecule has 22 heavy (non-hydrogen) atoms. The average molecular weight is 415 g/mol. The predicted molar refractivity (Wildman–Crippen MR) is 101 cm³/mol. The van der Waals surface area contributed by atoms with Crippen LogP contribution in [-0.2, 0) is 6.54 Å². The second kappa shape index (κ2) is 8.60. The quantitative estimate of drug-likeness (QED) is 0.742. The first-order valence-corrected chi connectivity index (χ1v) is 8.09. The number of nitrogens with one attached hydrogen (secondary N) is 2. The van der Waals surface area contributed by atoms with Crippen LogP contribution in [0.25, 0.3) is 0 Å². The van der Waals surface area contributed by atoms with E-state index in [4.69, 9.17) is 4.74 Å². The highest BCUT2D eigenvalue weighted by atomic mass is 127. The molecule has 1 heterocycles. The molecule has 3 rings (SSSR count). The van der Waals surface area contributed by atoms with Crippen LogP contribution in [0.3, 0.4) is 0 Å². The van der Waals surface area contributed by atoms with E-state index in [1.807, 2.05) is 0 Å². The summed E-state index contributed by atoms with van der Waals surface area (Å²) in [6.07, 6.45) is 6.49. The van der Waals surface area contributed by atoms with Gasteiger partial charge in [0.2, 0.25) is 0 Å². The zero-order valence-corrected chi connectivity index (χ0v) is 15.6. The number of nitrogens with zero attached hydrogens (tertiary/aromatic N) is 1. The monoisotopic (exact) mass is 415 g/mol. The lowest BCUT2D eigenvalue weighted by Crippen LogP contribution is -2.40. The molecule has 2 N–H and O–H groups in total. The van der Waals surface area contributed by atoms with E-state index in [1.165, 1.54) is 36.8 Å². The zero-order chi connectivity index (χ0) is 14.5. The van der Waals surface area contributed by atoms with Crippen molar-refractivity contribution in [1.29, 1.82) is 0 Å². The molecule has 1 fully saturated rings. The number of hydrogen-bond donors (Lipinski definition) is 2. The van der Waals surface area contributed by atoms with Crippen LogP contribution < -0.4 is 15.4 Å². The molecule has 1 aliphatic carbocycles. The SMILES string of the molecule is Cc1ccc(CNC2=NCCCN2)c(OC2CCCC2)c1.I. The lowest BCUT2D eigenvalue weighted by molar-refractivity contribution is 0.207. The highest BCUT2D eigenvalue weighted by Gasteiger charge is 2.18. The van der Waals surface area contributed by atoms with Gasteiger partial charge in [0.1, 0.15) is 5.75 Å². The molecule has 0 amide bonds. The Kier molecular flexibility index (Phi) is 6.79. The van der Waals surface area contributed by atoms with E-state index in [1.54, 1.807) is 0 Å². The normalized spacial score (nSPS) is 18.1. The fraction of sp³-hybridized carbons (Fsp3) is 0.588. The number of aliphatic imine (C=N–C) groups is 1. The Labute approximate surface area is 150 Å². The van der Waals surface area contributed by atoms with Gasteiger partial charge in [-0.25, -0.2) is 0 Å². The maximum absolute atomic E-state index is 6.23. The molecule has 1 aromatic carbocycles. The molecule has 0 unspecified atom stereocenters. The van der Waals surface area contributed by atoms with Gasteiger partial charge in [0.15, 0.2) is 5.96 Å². The summed E-state index contributed by atoms with van der Waals surface area (Å²) in [7, 11) is 0. The number of guanidine groups is 1. The lowest BCUT2D eigenvalue weighted by atomic mass is 10.1. The van der Waals surface area contributed by atoms with Crippen molar-refractivity contribution in [2.24, 2.45) is 4.99 Å².